The Morgan fingerprint density at radius 3 is 2.43 bits per heavy atom. The summed E-state index contributed by atoms with van der Waals surface area (Å²) >= 11 is 0. The molecule has 0 radical (unpaired) electrons. The molecule has 0 heterocycles. The lowest BCUT2D eigenvalue weighted by Gasteiger charge is -2.14. The third-order valence-electron chi connectivity index (χ3n) is 2.77. The molecule has 1 rings (SSSR count). The molecule has 1 atom stereocenters. The minimum Gasteiger partial charge on any atom is -0.491 e. The van der Waals surface area contributed by atoms with E-state index in [0.29, 0.717) is 13.0 Å². The summed E-state index contributed by atoms with van der Waals surface area (Å²) in [4.78, 5) is 11.3. The Morgan fingerprint density at radius 2 is 1.91 bits per heavy atom. The van der Waals surface area contributed by atoms with Gasteiger partial charge in [-0.2, -0.15) is 13.2 Å². The first-order valence-corrected chi connectivity index (χ1v) is 6.78. The van der Waals surface area contributed by atoms with Gasteiger partial charge in [0.2, 0.25) is 5.91 Å². The van der Waals surface area contributed by atoms with Crippen LogP contribution in [0.3, 0.4) is 0 Å². The van der Waals surface area contributed by atoms with Crippen LogP contribution >= 0.6 is 12.4 Å². The van der Waals surface area contributed by atoms with Crippen LogP contribution in [0.15, 0.2) is 24.3 Å². The molecule has 0 aliphatic carbocycles. The molecule has 0 spiro atoms. The Kier molecular flexibility index (Phi) is 9.62. The van der Waals surface area contributed by atoms with Crippen molar-refractivity contribution in [2.45, 2.75) is 25.1 Å². The van der Waals surface area contributed by atoms with Gasteiger partial charge in [0.15, 0.2) is 0 Å². The maximum absolute atomic E-state index is 12.4. The molecule has 23 heavy (non-hydrogen) atoms. The Bertz CT molecular complexity index is 469. The fraction of sp³-hybridized carbons (Fsp3) is 0.500. The minimum atomic E-state index is -4.40. The van der Waals surface area contributed by atoms with Crippen molar-refractivity contribution in [1.82, 2.24) is 5.32 Å². The molecule has 1 unspecified atom stereocenters. The Hall–Kier alpha value is -1.51. The Labute approximate surface area is 138 Å². The Balaban J connectivity index is 0.00000484. The van der Waals surface area contributed by atoms with Crippen molar-refractivity contribution in [3.63, 3.8) is 0 Å². The highest BCUT2D eigenvalue weighted by molar-refractivity contribution is 5.85. The number of benzene rings is 1. The van der Waals surface area contributed by atoms with Crippen LogP contribution in [0.2, 0.25) is 0 Å². The molecule has 0 aromatic heterocycles. The topological polar surface area (TPSA) is 84.6 Å². The highest BCUT2D eigenvalue weighted by atomic mass is 35.5. The fourth-order valence-electron chi connectivity index (χ4n) is 1.57. The molecule has 0 fully saturated rings. The van der Waals surface area contributed by atoms with E-state index in [1.807, 2.05) is 0 Å². The van der Waals surface area contributed by atoms with Crippen molar-refractivity contribution in [1.29, 1.82) is 0 Å². The van der Waals surface area contributed by atoms with Gasteiger partial charge in [0.25, 0.3) is 0 Å². The number of carbonyl (C=O) groups excluding carboxylic acids is 1. The van der Waals surface area contributed by atoms with Crippen molar-refractivity contribution in [2.75, 3.05) is 19.7 Å². The maximum atomic E-state index is 12.4. The van der Waals surface area contributed by atoms with Gasteiger partial charge in [0, 0.05) is 13.0 Å². The van der Waals surface area contributed by atoms with E-state index < -0.39 is 17.8 Å². The molecule has 0 aliphatic rings. The highest BCUT2D eigenvalue weighted by Crippen LogP contribution is 2.30. The van der Waals surface area contributed by atoms with E-state index in [1.165, 1.54) is 12.1 Å². The SMILES string of the molecule is Cl.NCCCC(=O)NCC(O)COc1ccc(C(F)(F)F)cc1. The van der Waals surface area contributed by atoms with Crippen LogP contribution in [0.1, 0.15) is 18.4 Å². The number of alkyl halides is 3. The summed E-state index contributed by atoms with van der Waals surface area (Å²) in [7, 11) is 0. The largest absolute Gasteiger partial charge is 0.491 e. The Morgan fingerprint density at radius 1 is 1.30 bits per heavy atom. The second-order valence-electron chi connectivity index (χ2n) is 4.68. The van der Waals surface area contributed by atoms with Gasteiger partial charge in [0.05, 0.1) is 5.56 Å². The molecule has 1 amide bonds. The molecule has 4 N–H and O–H groups in total. The van der Waals surface area contributed by atoms with Crippen molar-refractivity contribution >= 4 is 18.3 Å². The quantitative estimate of drug-likeness (QED) is 0.662. The van der Waals surface area contributed by atoms with Gasteiger partial charge in [-0.1, -0.05) is 0 Å². The van der Waals surface area contributed by atoms with Gasteiger partial charge in [0.1, 0.15) is 18.5 Å². The van der Waals surface area contributed by atoms with E-state index in [0.717, 1.165) is 12.1 Å². The number of aliphatic hydroxyl groups excluding tert-OH is 1. The van der Waals surface area contributed by atoms with Crippen molar-refractivity contribution in [3.8, 4) is 5.75 Å². The number of hydrogen-bond donors (Lipinski definition) is 3. The standard InChI is InChI=1S/C14H19F3N2O3.ClH/c15-14(16,17)10-3-5-12(6-4-10)22-9-11(20)8-19-13(21)2-1-7-18;/h3-6,11,20H,1-2,7-9,18H2,(H,19,21);1H. The molecule has 0 bridgehead atoms. The van der Waals surface area contributed by atoms with E-state index in [1.54, 1.807) is 0 Å². The molecule has 132 valence electrons. The van der Waals surface area contributed by atoms with Crippen LogP contribution in [0, 0.1) is 0 Å². The molecule has 1 aromatic rings. The molecule has 0 aliphatic heterocycles. The number of amides is 1. The third-order valence-corrected chi connectivity index (χ3v) is 2.77. The van der Waals surface area contributed by atoms with Gasteiger partial charge >= 0.3 is 6.18 Å². The summed E-state index contributed by atoms with van der Waals surface area (Å²) in [5.41, 5.74) is 4.49. The summed E-state index contributed by atoms with van der Waals surface area (Å²) in [5.74, 6) is -0.0134. The average Bonchev–Trinajstić information content (AvgIpc) is 2.48. The van der Waals surface area contributed by atoms with Crippen molar-refractivity contribution in [2.24, 2.45) is 5.73 Å². The number of nitrogens with one attached hydrogen (secondary N) is 1. The van der Waals surface area contributed by atoms with E-state index in [9.17, 15) is 23.1 Å². The van der Waals surface area contributed by atoms with Gasteiger partial charge in [-0.3, -0.25) is 4.79 Å². The molecular formula is C14H20ClF3N2O3. The zero-order valence-corrected chi connectivity index (χ0v) is 13.1. The first kappa shape index (κ1) is 21.5. The summed E-state index contributed by atoms with van der Waals surface area (Å²) in [6.07, 6.45) is -4.51. The van der Waals surface area contributed by atoms with Crippen LogP contribution < -0.4 is 15.8 Å². The number of halogens is 4. The van der Waals surface area contributed by atoms with Crippen molar-refractivity contribution in [3.05, 3.63) is 29.8 Å². The van der Waals surface area contributed by atoms with Gasteiger partial charge in [-0.15, -0.1) is 12.4 Å². The second kappa shape index (κ2) is 10.3. The van der Waals surface area contributed by atoms with Crippen LogP contribution in [0.4, 0.5) is 13.2 Å². The van der Waals surface area contributed by atoms with Gasteiger partial charge < -0.3 is 20.9 Å². The second-order valence-corrected chi connectivity index (χ2v) is 4.68. The van der Waals surface area contributed by atoms with Gasteiger partial charge in [-0.05, 0) is 37.2 Å². The first-order valence-electron chi connectivity index (χ1n) is 6.78. The lowest BCUT2D eigenvalue weighted by atomic mass is 10.2. The van der Waals surface area contributed by atoms with Crippen LogP contribution in [0.5, 0.6) is 5.75 Å². The molecule has 0 saturated carbocycles. The summed E-state index contributed by atoms with van der Waals surface area (Å²) < 4.78 is 42.3. The number of hydrogen-bond acceptors (Lipinski definition) is 4. The predicted molar refractivity (Wildman–Crippen MR) is 81.5 cm³/mol. The molecule has 1 aromatic carbocycles. The van der Waals surface area contributed by atoms with Crippen LogP contribution in [-0.2, 0) is 11.0 Å². The molecule has 5 nitrogen and oxygen atoms in total. The van der Waals surface area contributed by atoms with E-state index in [4.69, 9.17) is 10.5 Å². The average molecular weight is 357 g/mol. The fourth-order valence-corrected chi connectivity index (χ4v) is 1.57. The summed E-state index contributed by atoms with van der Waals surface area (Å²) in [6, 6.07) is 4.15. The lowest BCUT2D eigenvalue weighted by molar-refractivity contribution is -0.137. The maximum Gasteiger partial charge on any atom is 0.416 e. The smallest absolute Gasteiger partial charge is 0.416 e. The third kappa shape index (κ3) is 8.63. The van der Waals surface area contributed by atoms with Gasteiger partial charge in [-0.25, -0.2) is 0 Å². The van der Waals surface area contributed by atoms with E-state index in [2.05, 4.69) is 5.32 Å². The predicted octanol–water partition coefficient (Wildman–Crippen LogP) is 1.72. The molecule has 9 heteroatoms. The normalized spacial score (nSPS) is 12.2. The monoisotopic (exact) mass is 356 g/mol. The van der Waals surface area contributed by atoms with Crippen LogP contribution in [-0.4, -0.2) is 36.8 Å². The zero-order valence-electron chi connectivity index (χ0n) is 12.3. The number of carbonyl (C=O) groups is 1. The zero-order chi connectivity index (χ0) is 16.6. The molecule has 0 saturated heterocycles. The summed E-state index contributed by atoms with van der Waals surface area (Å²) in [6.45, 7) is 0.277. The summed E-state index contributed by atoms with van der Waals surface area (Å²) in [5, 5.41) is 12.1. The van der Waals surface area contributed by atoms with E-state index >= 15 is 0 Å². The number of ether oxygens (including phenoxy) is 1. The van der Waals surface area contributed by atoms with Crippen LogP contribution in [0.25, 0.3) is 0 Å². The highest BCUT2D eigenvalue weighted by Gasteiger charge is 2.30. The minimum absolute atomic E-state index is 0. The first-order chi connectivity index (χ1) is 10.3. The lowest BCUT2D eigenvalue weighted by Crippen LogP contribution is -2.35. The number of aliphatic hydroxyl groups is 1. The number of nitrogens with two attached hydrogens (primary N) is 1. The van der Waals surface area contributed by atoms with E-state index in [-0.39, 0.29) is 43.6 Å². The number of rotatable bonds is 8. The molecular weight excluding hydrogens is 337 g/mol. The van der Waals surface area contributed by atoms with Crippen molar-refractivity contribution < 1.29 is 27.8 Å².